The Morgan fingerprint density at radius 1 is 0.912 bits per heavy atom. The Morgan fingerprint density at radius 2 is 1.53 bits per heavy atom. The smallest absolute Gasteiger partial charge is 0.411 e. The fourth-order valence-electron chi connectivity index (χ4n) is 4.94. The number of para-hydroxylation sites is 1. The zero-order chi connectivity index (χ0) is 23.7. The second-order valence-electron chi connectivity index (χ2n) is 8.49. The number of fused-ring (bicyclic) bond motifs is 3. The van der Waals surface area contributed by atoms with Gasteiger partial charge in [0.05, 0.1) is 11.3 Å². The first-order valence-electron chi connectivity index (χ1n) is 11.3. The number of ether oxygens (including phenoxy) is 1. The van der Waals surface area contributed by atoms with Crippen LogP contribution in [0.25, 0.3) is 11.1 Å². The van der Waals surface area contributed by atoms with Crippen LogP contribution in [0, 0.1) is 0 Å². The van der Waals surface area contributed by atoms with Crippen molar-refractivity contribution in [3.63, 3.8) is 0 Å². The number of anilines is 1. The molecule has 1 heterocycles. The van der Waals surface area contributed by atoms with E-state index in [1.807, 2.05) is 36.4 Å². The largest absolute Gasteiger partial charge is 0.480 e. The highest BCUT2D eigenvalue weighted by molar-refractivity contribution is 6.04. The lowest BCUT2D eigenvalue weighted by molar-refractivity contribution is -0.141. The minimum atomic E-state index is -1.02. The maximum absolute atomic E-state index is 13.1. The lowest BCUT2D eigenvalue weighted by Gasteiger charge is -2.23. The Morgan fingerprint density at radius 3 is 2.21 bits per heavy atom. The molecule has 1 saturated heterocycles. The molecule has 0 radical (unpaired) electrons. The van der Waals surface area contributed by atoms with Gasteiger partial charge in [-0.2, -0.15) is 0 Å². The maximum atomic E-state index is 13.1. The molecular formula is C27H24N2O5. The number of nitrogens with one attached hydrogen (secondary N) is 1. The van der Waals surface area contributed by atoms with E-state index in [4.69, 9.17) is 4.74 Å². The monoisotopic (exact) mass is 456 g/mol. The first kappa shape index (κ1) is 21.7. The van der Waals surface area contributed by atoms with Gasteiger partial charge in [0.1, 0.15) is 12.6 Å². The minimum absolute atomic E-state index is 0.0732. The molecule has 0 spiro atoms. The standard InChI is InChI=1S/C27H24N2O5/c30-25(29-15-7-14-24(29)26(31)32)21-12-5-6-13-23(21)28-27(33)34-16-22-19-10-3-1-8-17(19)18-9-2-4-11-20(18)22/h1-6,8-13,22,24H,7,14-16H2,(H,28,33)(H,31,32)/t24-/m1/s1. The zero-order valence-electron chi connectivity index (χ0n) is 18.4. The van der Waals surface area contributed by atoms with Crippen LogP contribution in [0.2, 0.25) is 0 Å². The van der Waals surface area contributed by atoms with E-state index in [0.29, 0.717) is 25.1 Å². The van der Waals surface area contributed by atoms with Gasteiger partial charge in [-0.1, -0.05) is 60.7 Å². The highest BCUT2D eigenvalue weighted by Crippen LogP contribution is 2.44. The fraction of sp³-hybridized carbons (Fsp3) is 0.222. The average molecular weight is 456 g/mol. The second kappa shape index (κ2) is 9.02. The summed E-state index contributed by atoms with van der Waals surface area (Å²) in [6.07, 6.45) is 0.381. The molecule has 3 aromatic carbocycles. The molecule has 34 heavy (non-hydrogen) atoms. The summed E-state index contributed by atoms with van der Waals surface area (Å²) in [6.45, 7) is 0.526. The Bertz CT molecular complexity index is 1230. The molecule has 0 unspecified atom stereocenters. The van der Waals surface area contributed by atoms with Crippen molar-refractivity contribution in [2.24, 2.45) is 0 Å². The molecule has 172 valence electrons. The number of aliphatic carboxylic acids is 1. The molecule has 1 fully saturated rings. The predicted octanol–water partition coefficient (Wildman–Crippen LogP) is 4.74. The lowest BCUT2D eigenvalue weighted by Crippen LogP contribution is -2.40. The number of carboxylic acids is 1. The molecule has 2 amide bonds. The molecule has 7 nitrogen and oxygen atoms in total. The predicted molar refractivity (Wildman–Crippen MR) is 127 cm³/mol. The van der Waals surface area contributed by atoms with Gasteiger partial charge < -0.3 is 14.7 Å². The molecule has 1 aliphatic heterocycles. The molecular weight excluding hydrogens is 432 g/mol. The van der Waals surface area contributed by atoms with Gasteiger partial charge in [0.25, 0.3) is 5.91 Å². The number of amides is 2. The number of nitrogens with zero attached hydrogens (tertiary/aromatic N) is 1. The summed E-state index contributed by atoms with van der Waals surface area (Å²) < 4.78 is 5.59. The van der Waals surface area contributed by atoms with Crippen LogP contribution >= 0.6 is 0 Å². The van der Waals surface area contributed by atoms with Crippen molar-refractivity contribution in [2.45, 2.75) is 24.8 Å². The van der Waals surface area contributed by atoms with Gasteiger partial charge in [0, 0.05) is 12.5 Å². The third kappa shape index (κ3) is 3.90. The summed E-state index contributed by atoms with van der Waals surface area (Å²) in [6, 6.07) is 21.9. The topological polar surface area (TPSA) is 95.9 Å². The number of carbonyl (C=O) groups is 3. The first-order chi connectivity index (χ1) is 16.5. The second-order valence-corrected chi connectivity index (χ2v) is 8.49. The van der Waals surface area contributed by atoms with E-state index in [1.54, 1.807) is 24.3 Å². The van der Waals surface area contributed by atoms with E-state index < -0.39 is 24.0 Å². The number of hydrogen-bond acceptors (Lipinski definition) is 4. The van der Waals surface area contributed by atoms with Crippen molar-refractivity contribution in [1.29, 1.82) is 0 Å². The quantitative estimate of drug-likeness (QED) is 0.578. The van der Waals surface area contributed by atoms with Crippen molar-refractivity contribution in [3.8, 4) is 11.1 Å². The van der Waals surface area contributed by atoms with Crippen molar-refractivity contribution >= 4 is 23.7 Å². The van der Waals surface area contributed by atoms with Gasteiger partial charge in [0.15, 0.2) is 0 Å². The van der Waals surface area contributed by atoms with Gasteiger partial charge >= 0.3 is 12.1 Å². The Balaban J connectivity index is 1.30. The Hall–Kier alpha value is -4.13. The van der Waals surface area contributed by atoms with Gasteiger partial charge in [-0.25, -0.2) is 9.59 Å². The van der Waals surface area contributed by atoms with Crippen molar-refractivity contribution in [2.75, 3.05) is 18.5 Å². The molecule has 0 aromatic heterocycles. The van der Waals surface area contributed by atoms with Gasteiger partial charge in [-0.3, -0.25) is 10.1 Å². The van der Waals surface area contributed by atoms with Gasteiger partial charge in [0.2, 0.25) is 0 Å². The number of carboxylic acid groups (broad SMARTS) is 1. The first-order valence-corrected chi connectivity index (χ1v) is 11.3. The van der Waals surface area contributed by atoms with Crippen LogP contribution in [0.5, 0.6) is 0 Å². The fourth-order valence-corrected chi connectivity index (χ4v) is 4.94. The highest BCUT2D eigenvalue weighted by Gasteiger charge is 2.35. The van der Waals surface area contributed by atoms with E-state index in [9.17, 15) is 19.5 Å². The molecule has 2 aliphatic rings. The summed E-state index contributed by atoms with van der Waals surface area (Å²) in [7, 11) is 0. The number of rotatable bonds is 5. The van der Waals surface area contributed by atoms with Crippen molar-refractivity contribution in [1.82, 2.24) is 4.90 Å². The maximum Gasteiger partial charge on any atom is 0.411 e. The van der Waals surface area contributed by atoms with Crippen LogP contribution in [0.15, 0.2) is 72.8 Å². The molecule has 2 N–H and O–H groups in total. The Labute approximate surface area is 197 Å². The van der Waals surface area contributed by atoms with Crippen LogP contribution in [0.3, 0.4) is 0 Å². The lowest BCUT2D eigenvalue weighted by atomic mass is 9.98. The molecule has 7 heteroatoms. The molecule has 1 aliphatic carbocycles. The third-order valence-corrected chi connectivity index (χ3v) is 6.54. The molecule has 1 atom stereocenters. The SMILES string of the molecule is O=C(Nc1ccccc1C(=O)N1CCC[C@@H]1C(=O)O)OCC1c2ccccc2-c2ccccc21. The normalized spacial score (nSPS) is 16.6. The van der Waals surface area contributed by atoms with E-state index in [-0.39, 0.29) is 18.1 Å². The van der Waals surface area contributed by atoms with Crippen LogP contribution in [-0.4, -0.2) is 47.2 Å². The van der Waals surface area contributed by atoms with Crippen LogP contribution in [0.1, 0.15) is 40.2 Å². The number of benzene rings is 3. The number of carbonyl (C=O) groups excluding carboxylic acids is 2. The van der Waals surface area contributed by atoms with Crippen molar-refractivity contribution < 1.29 is 24.2 Å². The Kier molecular flexibility index (Phi) is 5.76. The van der Waals surface area contributed by atoms with Crippen LogP contribution in [0.4, 0.5) is 10.5 Å². The van der Waals surface area contributed by atoms with E-state index in [2.05, 4.69) is 17.4 Å². The van der Waals surface area contributed by atoms with Gasteiger partial charge in [-0.15, -0.1) is 0 Å². The summed E-state index contributed by atoms with van der Waals surface area (Å²) >= 11 is 0. The van der Waals surface area contributed by atoms with E-state index >= 15 is 0 Å². The number of likely N-dealkylation sites (tertiary alicyclic amines) is 1. The van der Waals surface area contributed by atoms with Crippen LogP contribution < -0.4 is 5.32 Å². The molecule has 0 saturated carbocycles. The van der Waals surface area contributed by atoms with Gasteiger partial charge in [-0.05, 0) is 47.2 Å². The summed E-state index contributed by atoms with van der Waals surface area (Å²) in [5, 5.41) is 12.1. The highest BCUT2D eigenvalue weighted by atomic mass is 16.5. The summed E-state index contributed by atoms with van der Waals surface area (Å²) in [4.78, 5) is 38.6. The third-order valence-electron chi connectivity index (χ3n) is 6.54. The number of hydrogen-bond donors (Lipinski definition) is 2. The van der Waals surface area contributed by atoms with Crippen LogP contribution in [-0.2, 0) is 9.53 Å². The van der Waals surface area contributed by atoms with Crippen molar-refractivity contribution in [3.05, 3.63) is 89.5 Å². The summed E-state index contributed by atoms with van der Waals surface area (Å²) in [5.74, 6) is -1.51. The minimum Gasteiger partial charge on any atom is -0.480 e. The van der Waals surface area contributed by atoms with E-state index in [0.717, 1.165) is 22.3 Å². The molecule has 3 aromatic rings. The average Bonchev–Trinajstić information content (AvgIpc) is 3.46. The zero-order valence-corrected chi connectivity index (χ0v) is 18.4. The molecule has 0 bridgehead atoms. The van der Waals surface area contributed by atoms with E-state index in [1.165, 1.54) is 4.90 Å². The summed E-state index contributed by atoms with van der Waals surface area (Å²) in [5.41, 5.74) is 5.04. The molecule has 5 rings (SSSR count).